The first-order valence-electron chi connectivity index (χ1n) is 12.1. The number of rotatable bonds is 9. The van der Waals surface area contributed by atoms with E-state index in [1.165, 1.54) is 0 Å². The van der Waals surface area contributed by atoms with E-state index in [1.54, 1.807) is 6.33 Å². The van der Waals surface area contributed by atoms with Gasteiger partial charge in [-0.2, -0.15) is 0 Å². The molecule has 1 aliphatic heterocycles. The summed E-state index contributed by atoms with van der Waals surface area (Å²) in [5.74, 6) is 2.35. The molecule has 182 valence electrons. The van der Waals surface area contributed by atoms with Crippen LogP contribution in [0.3, 0.4) is 0 Å². The minimum atomic E-state index is 0.368. The minimum Gasteiger partial charge on any atom is -0.494 e. The van der Waals surface area contributed by atoms with Crippen LogP contribution >= 0.6 is 0 Å². The van der Waals surface area contributed by atoms with Gasteiger partial charge in [0.05, 0.1) is 12.3 Å². The molecule has 2 N–H and O–H groups in total. The Kier molecular flexibility index (Phi) is 7.15. The van der Waals surface area contributed by atoms with E-state index >= 15 is 0 Å². The van der Waals surface area contributed by atoms with Gasteiger partial charge in [-0.05, 0) is 45.0 Å². The Labute approximate surface area is 204 Å². The van der Waals surface area contributed by atoms with E-state index in [9.17, 15) is 0 Å². The molecule has 9 heteroatoms. The zero-order valence-electron chi connectivity index (χ0n) is 20.2. The number of hydrogen-bond donors (Lipinski definition) is 2. The highest BCUT2D eigenvalue weighted by Crippen LogP contribution is 2.32. The standard InChI is InChI=1S/C26H31N7O2/c1-27-9-4-10-35-20-6-3-5-18(13-20)25-31-23(21-16-29-26-22(21)15-28-17-30-26)14-24(32-25)33(2)19-7-11-34-12-8-19/h3,5-6,13-17,19,27H,4,7-12H2,1-2H3,(H,28,29,30). The number of fused-ring (bicyclic) bond motifs is 1. The number of aromatic nitrogens is 5. The van der Waals surface area contributed by atoms with Gasteiger partial charge in [-0.1, -0.05) is 12.1 Å². The summed E-state index contributed by atoms with van der Waals surface area (Å²) in [4.78, 5) is 24.0. The maximum atomic E-state index is 5.96. The van der Waals surface area contributed by atoms with E-state index in [2.05, 4.69) is 32.2 Å². The Morgan fingerprint density at radius 1 is 1.20 bits per heavy atom. The van der Waals surface area contributed by atoms with Crippen LogP contribution in [0.4, 0.5) is 5.82 Å². The summed E-state index contributed by atoms with van der Waals surface area (Å²) in [5.41, 5.74) is 3.47. The Bertz CT molecular complexity index is 1270. The first kappa shape index (κ1) is 23.2. The van der Waals surface area contributed by atoms with Crippen LogP contribution in [-0.2, 0) is 4.74 Å². The number of H-pyrrole nitrogens is 1. The lowest BCUT2D eigenvalue weighted by Gasteiger charge is -2.32. The van der Waals surface area contributed by atoms with Crippen molar-refractivity contribution in [3.63, 3.8) is 0 Å². The Morgan fingerprint density at radius 2 is 2.09 bits per heavy atom. The second-order valence-corrected chi connectivity index (χ2v) is 8.71. The zero-order valence-corrected chi connectivity index (χ0v) is 20.2. The molecule has 1 fully saturated rings. The van der Waals surface area contributed by atoms with E-state index in [4.69, 9.17) is 19.4 Å². The number of aromatic amines is 1. The molecule has 5 rings (SSSR count). The lowest BCUT2D eigenvalue weighted by molar-refractivity contribution is 0.0853. The number of nitrogens with zero attached hydrogens (tertiary/aromatic N) is 5. The Hall–Kier alpha value is -3.56. The summed E-state index contributed by atoms with van der Waals surface area (Å²) >= 11 is 0. The summed E-state index contributed by atoms with van der Waals surface area (Å²) in [6.45, 7) is 3.11. The van der Waals surface area contributed by atoms with Gasteiger partial charge in [0.15, 0.2) is 5.82 Å². The lowest BCUT2D eigenvalue weighted by Crippen LogP contribution is -2.37. The lowest BCUT2D eigenvalue weighted by atomic mass is 10.1. The number of hydrogen-bond acceptors (Lipinski definition) is 8. The fraction of sp³-hybridized carbons (Fsp3) is 0.385. The monoisotopic (exact) mass is 473 g/mol. The van der Waals surface area contributed by atoms with Crippen LogP contribution < -0.4 is 15.0 Å². The van der Waals surface area contributed by atoms with Crippen molar-refractivity contribution in [1.82, 2.24) is 30.2 Å². The molecule has 1 aromatic carbocycles. The molecule has 1 saturated heterocycles. The third-order valence-corrected chi connectivity index (χ3v) is 6.38. The molecule has 0 spiro atoms. The van der Waals surface area contributed by atoms with Gasteiger partial charge in [-0.15, -0.1) is 0 Å². The minimum absolute atomic E-state index is 0.368. The highest BCUT2D eigenvalue weighted by Gasteiger charge is 2.22. The SMILES string of the molecule is CNCCCOc1cccc(-c2nc(-c3c[nH]c4ncncc34)cc(N(C)C3CCOCC3)n2)c1. The molecule has 4 aromatic rings. The topological polar surface area (TPSA) is 101 Å². The maximum absolute atomic E-state index is 5.96. The molecule has 0 saturated carbocycles. The molecule has 4 heterocycles. The molecule has 1 aliphatic rings. The van der Waals surface area contributed by atoms with Crippen molar-refractivity contribution in [2.24, 2.45) is 0 Å². The van der Waals surface area contributed by atoms with Crippen LogP contribution in [0.1, 0.15) is 19.3 Å². The first-order valence-corrected chi connectivity index (χ1v) is 12.1. The van der Waals surface area contributed by atoms with E-state index in [0.717, 1.165) is 78.4 Å². The third kappa shape index (κ3) is 5.26. The second kappa shape index (κ2) is 10.8. The first-order chi connectivity index (χ1) is 17.2. The van der Waals surface area contributed by atoms with Crippen LogP contribution in [0.2, 0.25) is 0 Å². The van der Waals surface area contributed by atoms with E-state index in [0.29, 0.717) is 18.5 Å². The van der Waals surface area contributed by atoms with Gasteiger partial charge >= 0.3 is 0 Å². The average Bonchev–Trinajstić information content (AvgIpc) is 3.35. The van der Waals surface area contributed by atoms with Gasteiger partial charge in [-0.3, -0.25) is 0 Å². The van der Waals surface area contributed by atoms with Gasteiger partial charge in [0.25, 0.3) is 0 Å². The van der Waals surface area contributed by atoms with Gasteiger partial charge in [0.2, 0.25) is 0 Å². The summed E-state index contributed by atoms with van der Waals surface area (Å²) in [5, 5.41) is 4.07. The van der Waals surface area contributed by atoms with Crippen molar-refractivity contribution < 1.29 is 9.47 Å². The van der Waals surface area contributed by atoms with Crippen LogP contribution in [0.5, 0.6) is 5.75 Å². The van der Waals surface area contributed by atoms with E-state index < -0.39 is 0 Å². The number of anilines is 1. The molecule has 3 aromatic heterocycles. The zero-order chi connectivity index (χ0) is 24.0. The predicted octanol–water partition coefficient (Wildman–Crippen LogP) is 3.69. The summed E-state index contributed by atoms with van der Waals surface area (Å²) < 4.78 is 11.5. The molecule has 0 aliphatic carbocycles. The van der Waals surface area contributed by atoms with E-state index in [-0.39, 0.29) is 0 Å². The van der Waals surface area contributed by atoms with Gasteiger partial charge in [0, 0.05) is 61.3 Å². The van der Waals surface area contributed by atoms with Crippen LogP contribution in [0.15, 0.2) is 49.1 Å². The fourth-order valence-corrected chi connectivity index (χ4v) is 4.38. The van der Waals surface area contributed by atoms with Crippen molar-refractivity contribution in [2.75, 3.05) is 45.4 Å². The molecular weight excluding hydrogens is 442 g/mol. The Morgan fingerprint density at radius 3 is 2.94 bits per heavy atom. The fourth-order valence-electron chi connectivity index (χ4n) is 4.38. The predicted molar refractivity (Wildman–Crippen MR) is 137 cm³/mol. The molecule has 0 atom stereocenters. The van der Waals surface area contributed by atoms with Gasteiger partial charge < -0.3 is 24.7 Å². The highest BCUT2D eigenvalue weighted by atomic mass is 16.5. The highest BCUT2D eigenvalue weighted by molar-refractivity contribution is 5.92. The molecule has 35 heavy (non-hydrogen) atoms. The largest absolute Gasteiger partial charge is 0.494 e. The molecule has 0 bridgehead atoms. The molecule has 0 amide bonds. The van der Waals surface area contributed by atoms with Crippen LogP contribution in [0, 0.1) is 0 Å². The average molecular weight is 474 g/mol. The second-order valence-electron chi connectivity index (χ2n) is 8.71. The van der Waals surface area contributed by atoms with E-state index in [1.807, 2.05) is 49.8 Å². The molecule has 0 radical (unpaired) electrons. The third-order valence-electron chi connectivity index (χ3n) is 6.38. The molecule has 0 unspecified atom stereocenters. The summed E-state index contributed by atoms with van der Waals surface area (Å²) in [6.07, 6.45) is 8.18. The summed E-state index contributed by atoms with van der Waals surface area (Å²) in [6, 6.07) is 10.4. The van der Waals surface area contributed by atoms with Crippen LogP contribution in [0.25, 0.3) is 33.7 Å². The quantitative estimate of drug-likeness (QED) is 0.355. The Balaban J connectivity index is 1.53. The van der Waals surface area contributed by atoms with Crippen molar-refractivity contribution in [1.29, 1.82) is 0 Å². The van der Waals surface area contributed by atoms with Crippen LogP contribution in [-0.4, -0.2) is 71.4 Å². The molecule has 9 nitrogen and oxygen atoms in total. The molecular formula is C26H31N7O2. The summed E-state index contributed by atoms with van der Waals surface area (Å²) in [7, 11) is 4.05. The number of nitrogens with one attached hydrogen (secondary N) is 2. The van der Waals surface area contributed by atoms with Crippen molar-refractivity contribution in [3.8, 4) is 28.4 Å². The number of benzene rings is 1. The van der Waals surface area contributed by atoms with Crippen molar-refractivity contribution in [3.05, 3.63) is 49.1 Å². The smallest absolute Gasteiger partial charge is 0.162 e. The maximum Gasteiger partial charge on any atom is 0.162 e. The number of ether oxygens (including phenoxy) is 2. The van der Waals surface area contributed by atoms with Gasteiger partial charge in [0.1, 0.15) is 23.5 Å². The van der Waals surface area contributed by atoms with Gasteiger partial charge in [-0.25, -0.2) is 19.9 Å². The van der Waals surface area contributed by atoms with Crippen molar-refractivity contribution >= 4 is 16.9 Å². The van der Waals surface area contributed by atoms with Crippen molar-refractivity contribution in [2.45, 2.75) is 25.3 Å². The normalized spacial score (nSPS) is 14.3.